The van der Waals surface area contributed by atoms with Crippen LogP contribution in [0.3, 0.4) is 0 Å². The normalized spacial score (nSPS) is 14.1. The predicted molar refractivity (Wildman–Crippen MR) is 71.4 cm³/mol. The van der Waals surface area contributed by atoms with Crippen LogP contribution in [0.1, 0.15) is 18.6 Å². The summed E-state index contributed by atoms with van der Waals surface area (Å²) >= 11 is 0. The van der Waals surface area contributed by atoms with Crippen LogP contribution in [-0.4, -0.2) is 33.8 Å². The fraction of sp³-hybridized carbons (Fsp3) is 0.286. The standard InChI is InChI=1S/C14H16N2O3/c1-9(18)16-13(8-17)14(19)11-4-5-12-10(7-11)3-2-6-15-12/h2-7,13-14,17,19H,8H2,1H3,(H,16,18)/t13-,14-/m0/s1. The molecule has 0 saturated heterocycles. The lowest BCUT2D eigenvalue weighted by Crippen LogP contribution is -2.40. The van der Waals surface area contributed by atoms with Gasteiger partial charge in [-0.1, -0.05) is 12.1 Å². The number of amides is 1. The van der Waals surface area contributed by atoms with Crippen LogP contribution >= 0.6 is 0 Å². The van der Waals surface area contributed by atoms with Crippen molar-refractivity contribution in [1.82, 2.24) is 10.3 Å². The molecule has 5 nitrogen and oxygen atoms in total. The molecule has 1 amide bonds. The van der Waals surface area contributed by atoms with Crippen LogP contribution in [0, 0.1) is 0 Å². The van der Waals surface area contributed by atoms with E-state index in [4.69, 9.17) is 0 Å². The third-order valence-corrected chi connectivity index (χ3v) is 2.94. The van der Waals surface area contributed by atoms with Gasteiger partial charge >= 0.3 is 0 Å². The van der Waals surface area contributed by atoms with Crippen LogP contribution in [0.4, 0.5) is 0 Å². The molecule has 0 unspecified atom stereocenters. The van der Waals surface area contributed by atoms with Crippen LogP contribution in [0.2, 0.25) is 0 Å². The molecular formula is C14H16N2O3. The van der Waals surface area contributed by atoms with Crippen molar-refractivity contribution in [3.05, 3.63) is 42.1 Å². The van der Waals surface area contributed by atoms with Gasteiger partial charge in [0.1, 0.15) is 6.10 Å². The highest BCUT2D eigenvalue weighted by atomic mass is 16.3. The van der Waals surface area contributed by atoms with Gasteiger partial charge in [-0.15, -0.1) is 0 Å². The number of fused-ring (bicyclic) bond motifs is 1. The summed E-state index contributed by atoms with van der Waals surface area (Å²) in [6.45, 7) is 1.02. The number of nitrogens with one attached hydrogen (secondary N) is 1. The Kier molecular flexibility index (Phi) is 4.09. The van der Waals surface area contributed by atoms with Crippen molar-refractivity contribution in [2.75, 3.05) is 6.61 Å². The van der Waals surface area contributed by atoms with Crippen LogP contribution in [0.5, 0.6) is 0 Å². The van der Waals surface area contributed by atoms with Crippen molar-refractivity contribution in [1.29, 1.82) is 0 Å². The molecule has 0 bridgehead atoms. The molecule has 2 atom stereocenters. The fourth-order valence-corrected chi connectivity index (χ4v) is 2.00. The Morgan fingerprint density at radius 1 is 1.42 bits per heavy atom. The topological polar surface area (TPSA) is 82.5 Å². The minimum atomic E-state index is -0.960. The smallest absolute Gasteiger partial charge is 0.217 e. The van der Waals surface area contributed by atoms with E-state index in [1.165, 1.54) is 6.92 Å². The molecule has 0 aliphatic rings. The Hall–Kier alpha value is -1.98. The van der Waals surface area contributed by atoms with E-state index < -0.39 is 12.1 Å². The van der Waals surface area contributed by atoms with Crippen LogP contribution in [0.25, 0.3) is 10.9 Å². The molecule has 0 aliphatic carbocycles. The van der Waals surface area contributed by atoms with Gasteiger partial charge in [-0.25, -0.2) is 0 Å². The van der Waals surface area contributed by atoms with Crippen molar-refractivity contribution in [3.63, 3.8) is 0 Å². The van der Waals surface area contributed by atoms with Crippen molar-refractivity contribution in [2.24, 2.45) is 0 Å². The first-order valence-electron chi connectivity index (χ1n) is 6.02. The Balaban J connectivity index is 2.29. The van der Waals surface area contributed by atoms with Gasteiger partial charge < -0.3 is 15.5 Å². The number of carbonyl (C=O) groups excluding carboxylic acids is 1. The maximum atomic E-state index is 11.0. The summed E-state index contributed by atoms with van der Waals surface area (Å²) in [5, 5.41) is 22.8. The Morgan fingerprint density at radius 2 is 2.21 bits per heavy atom. The third kappa shape index (κ3) is 3.07. The molecule has 1 aromatic heterocycles. The van der Waals surface area contributed by atoms with Crippen LogP contribution in [0.15, 0.2) is 36.5 Å². The maximum absolute atomic E-state index is 11.0. The van der Waals surface area contributed by atoms with E-state index >= 15 is 0 Å². The molecular weight excluding hydrogens is 244 g/mol. The molecule has 0 saturated carbocycles. The SMILES string of the molecule is CC(=O)N[C@@H](CO)[C@@H](O)c1ccc2ncccc2c1. The number of benzene rings is 1. The average Bonchev–Trinajstić information content (AvgIpc) is 2.43. The Labute approximate surface area is 110 Å². The summed E-state index contributed by atoms with van der Waals surface area (Å²) in [4.78, 5) is 15.2. The first-order valence-corrected chi connectivity index (χ1v) is 6.02. The Morgan fingerprint density at radius 3 is 2.89 bits per heavy atom. The minimum Gasteiger partial charge on any atom is -0.394 e. The van der Waals surface area contributed by atoms with Gasteiger partial charge in [0.25, 0.3) is 0 Å². The maximum Gasteiger partial charge on any atom is 0.217 e. The largest absolute Gasteiger partial charge is 0.394 e. The molecule has 5 heteroatoms. The van der Waals surface area contributed by atoms with E-state index in [9.17, 15) is 15.0 Å². The van der Waals surface area contributed by atoms with Gasteiger partial charge in [-0.3, -0.25) is 9.78 Å². The second kappa shape index (κ2) is 5.77. The van der Waals surface area contributed by atoms with Crippen molar-refractivity contribution >= 4 is 16.8 Å². The molecule has 2 rings (SSSR count). The van der Waals surface area contributed by atoms with Crippen LogP contribution in [-0.2, 0) is 4.79 Å². The van der Waals surface area contributed by atoms with E-state index in [2.05, 4.69) is 10.3 Å². The number of aliphatic hydroxyl groups excluding tert-OH is 2. The van der Waals surface area contributed by atoms with Crippen molar-refractivity contribution in [3.8, 4) is 0 Å². The van der Waals surface area contributed by atoms with Crippen LogP contribution < -0.4 is 5.32 Å². The lowest BCUT2D eigenvalue weighted by Gasteiger charge is -2.22. The monoisotopic (exact) mass is 260 g/mol. The number of hydrogen-bond donors (Lipinski definition) is 3. The predicted octanol–water partition coefficient (Wildman–Crippen LogP) is 0.765. The zero-order valence-corrected chi connectivity index (χ0v) is 10.6. The van der Waals surface area contributed by atoms with Crippen molar-refractivity contribution < 1.29 is 15.0 Å². The zero-order chi connectivity index (χ0) is 13.8. The van der Waals surface area contributed by atoms with E-state index in [1.54, 1.807) is 24.4 Å². The summed E-state index contributed by atoms with van der Waals surface area (Å²) in [5.74, 6) is -0.291. The summed E-state index contributed by atoms with van der Waals surface area (Å²) in [6, 6.07) is 8.34. The van der Waals surface area contributed by atoms with Crippen molar-refractivity contribution in [2.45, 2.75) is 19.1 Å². The summed E-state index contributed by atoms with van der Waals surface area (Å²) in [5.41, 5.74) is 1.46. The number of aromatic nitrogens is 1. The molecule has 100 valence electrons. The molecule has 2 aromatic rings. The van der Waals surface area contributed by atoms with Gasteiger partial charge in [0.15, 0.2) is 0 Å². The van der Waals surface area contributed by atoms with Gasteiger partial charge in [0.2, 0.25) is 5.91 Å². The second-order valence-electron chi connectivity index (χ2n) is 4.39. The molecule has 1 heterocycles. The van der Waals surface area contributed by atoms with E-state index in [0.29, 0.717) is 5.56 Å². The van der Waals surface area contributed by atoms with Gasteiger partial charge in [0.05, 0.1) is 18.2 Å². The summed E-state index contributed by atoms with van der Waals surface area (Å²) < 4.78 is 0. The fourth-order valence-electron chi connectivity index (χ4n) is 2.00. The van der Waals surface area contributed by atoms with E-state index in [-0.39, 0.29) is 12.5 Å². The lowest BCUT2D eigenvalue weighted by molar-refractivity contribution is -0.121. The number of hydrogen-bond acceptors (Lipinski definition) is 4. The van der Waals surface area contributed by atoms with E-state index in [1.807, 2.05) is 12.1 Å². The number of rotatable bonds is 4. The average molecular weight is 260 g/mol. The van der Waals surface area contributed by atoms with Gasteiger partial charge in [-0.05, 0) is 23.8 Å². The number of pyridine rings is 1. The number of carbonyl (C=O) groups is 1. The van der Waals surface area contributed by atoms with E-state index in [0.717, 1.165) is 10.9 Å². The number of aliphatic hydroxyl groups is 2. The summed E-state index contributed by atoms with van der Waals surface area (Å²) in [7, 11) is 0. The lowest BCUT2D eigenvalue weighted by atomic mass is 10.0. The zero-order valence-electron chi connectivity index (χ0n) is 10.6. The number of nitrogens with zero attached hydrogens (tertiary/aromatic N) is 1. The summed E-state index contributed by atoms with van der Waals surface area (Å²) in [6.07, 6.45) is 0.741. The highest BCUT2D eigenvalue weighted by Gasteiger charge is 2.21. The second-order valence-corrected chi connectivity index (χ2v) is 4.39. The highest BCUT2D eigenvalue weighted by Crippen LogP contribution is 2.21. The Bertz CT molecular complexity index is 586. The quantitative estimate of drug-likeness (QED) is 0.758. The van der Waals surface area contributed by atoms with Gasteiger partial charge in [0, 0.05) is 18.5 Å². The minimum absolute atomic E-state index is 0.291. The molecule has 0 radical (unpaired) electrons. The molecule has 0 spiro atoms. The molecule has 0 aliphatic heterocycles. The molecule has 3 N–H and O–H groups in total. The molecule has 19 heavy (non-hydrogen) atoms. The molecule has 0 fully saturated rings. The highest BCUT2D eigenvalue weighted by molar-refractivity contribution is 5.79. The third-order valence-electron chi connectivity index (χ3n) is 2.94. The van der Waals surface area contributed by atoms with Gasteiger partial charge in [-0.2, -0.15) is 0 Å². The first-order chi connectivity index (χ1) is 9.11. The molecule has 1 aromatic carbocycles. The first kappa shape index (κ1) is 13.5.